The summed E-state index contributed by atoms with van der Waals surface area (Å²) in [6.45, 7) is 4.11. The summed E-state index contributed by atoms with van der Waals surface area (Å²) in [5, 5.41) is 8.76. The molecule has 0 fully saturated rings. The van der Waals surface area contributed by atoms with E-state index in [1.54, 1.807) is 0 Å². The van der Waals surface area contributed by atoms with E-state index in [0.717, 1.165) is 24.2 Å². The summed E-state index contributed by atoms with van der Waals surface area (Å²) in [5.74, 6) is -0.0499. The van der Waals surface area contributed by atoms with Crippen molar-refractivity contribution in [1.29, 1.82) is 0 Å². The smallest absolute Gasteiger partial charge is 0.305 e. The first-order chi connectivity index (χ1) is 8.37. The lowest BCUT2D eigenvalue weighted by atomic mass is 9.92. The van der Waals surface area contributed by atoms with E-state index >= 15 is 0 Å². The third kappa shape index (κ3) is 2.82. The van der Waals surface area contributed by atoms with E-state index in [-0.39, 0.29) is 12.0 Å². The zero-order valence-corrected chi connectivity index (χ0v) is 10.8. The zero-order valence-electron chi connectivity index (χ0n) is 10.8. The molecule has 4 heteroatoms. The Balaban J connectivity index is 2.24. The highest BCUT2D eigenvalue weighted by molar-refractivity contribution is 5.68. The van der Waals surface area contributed by atoms with Gasteiger partial charge in [-0.15, -0.1) is 0 Å². The number of hydrogen-bond donors (Lipinski definition) is 2. The van der Waals surface area contributed by atoms with Crippen LogP contribution in [0.1, 0.15) is 43.9 Å². The molecule has 1 atom stereocenters. The Labute approximate surface area is 107 Å². The van der Waals surface area contributed by atoms with Crippen molar-refractivity contribution in [2.24, 2.45) is 5.73 Å². The van der Waals surface area contributed by atoms with E-state index in [4.69, 9.17) is 15.6 Å². The van der Waals surface area contributed by atoms with Crippen molar-refractivity contribution in [1.82, 2.24) is 0 Å². The predicted octanol–water partition coefficient (Wildman–Crippen LogP) is 2.26. The van der Waals surface area contributed by atoms with Gasteiger partial charge in [-0.2, -0.15) is 0 Å². The molecule has 1 heterocycles. The van der Waals surface area contributed by atoms with Crippen molar-refractivity contribution in [3.05, 3.63) is 29.3 Å². The quantitative estimate of drug-likeness (QED) is 0.861. The first kappa shape index (κ1) is 12.9. The molecule has 1 aliphatic rings. The summed E-state index contributed by atoms with van der Waals surface area (Å²) in [6.07, 6.45) is 1.90. The van der Waals surface area contributed by atoms with Crippen molar-refractivity contribution in [2.75, 3.05) is 0 Å². The molecular formula is C14H19NO3. The molecule has 0 radical (unpaired) electrons. The van der Waals surface area contributed by atoms with Gasteiger partial charge in [0.1, 0.15) is 11.4 Å². The van der Waals surface area contributed by atoms with Crippen LogP contribution >= 0.6 is 0 Å². The average Bonchev–Trinajstić information content (AvgIpc) is 2.25. The SMILES string of the molecule is CC1(C)CCc2ccc(C(N)CC(=O)O)cc2O1. The van der Waals surface area contributed by atoms with Gasteiger partial charge in [0.2, 0.25) is 0 Å². The Hall–Kier alpha value is -1.55. The standard InChI is InChI=1S/C14H19NO3/c1-14(2)6-5-9-3-4-10(7-12(9)18-14)11(15)8-13(16)17/h3-4,7,11H,5-6,8,15H2,1-2H3,(H,16,17). The number of ether oxygens (including phenoxy) is 1. The number of aryl methyl sites for hydroxylation is 1. The highest BCUT2D eigenvalue weighted by Crippen LogP contribution is 2.34. The van der Waals surface area contributed by atoms with Crippen LogP contribution in [0.2, 0.25) is 0 Å². The number of carboxylic acids is 1. The minimum absolute atomic E-state index is 0.0673. The fourth-order valence-corrected chi connectivity index (χ4v) is 2.19. The summed E-state index contributed by atoms with van der Waals surface area (Å²) in [5.41, 5.74) is 7.68. The first-order valence-corrected chi connectivity index (χ1v) is 6.16. The molecule has 1 unspecified atom stereocenters. The summed E-state index contributed by atoms with van der Waals surface area (Å²) in [4.78, 5) is 10.7. The summed E-state index contributed by atoms with van der Waals surface area (Å²) in [6, 6.07) is 5.28. The maximum Gasteiger partial charge on any atom is 0.305 e. The van der Waals surface area contributed by atoms with Gasteiger partial charge in [-0.1, -0.05) is 12.1 Å². The lowest BCUT2D eigenvalue weighted by molar-refractivity contribution is -0.137. The Kier molecular flexibility index (Phi) is 3.30. The second-order valence-corrected chi connectivity index (χ2v) is 5.43. The summed E-state index contributed by atoms with van der Waals surface area (Å²) >= 11 is 0. The molecule has 0 aromatic heterocycles. The van der Waals surface area contributed by atoms with Crippen LogP contribution < -0.4 is 10.5 Å². The lowest BCUT2D eigenvalue weighted by Crippen LogP contribution is -2.32. The van der Waals surface area contributed by atoms with Gasteiger partial charge < -0.3 is 15.6 Å². The molecule has 0 saturated carbocycles. The van der Waals surface area contributed by atoms with Gasteiger partial charge in [-0.25, -0.2) is 0 Å². The van der Waals surface area contributed by atoms with Crippen molar-refractivity contribution in [2.45, 2.75) is 44.8 Å². The Morgan fingerprint density at radius 1 is 1.56 bits per heavy atom. The maximum absolute atomic E-state index is 10.7. The van der Waals surface area contributed by atoms with Crippen LogP contribution in [0.5, 0.6) is 5.75 Å². The topological polar surface area (TPSA) is 72.6 Å². The lowest BCUT2D eigenvalue weighted by Gasteiger charge is -2.33. The molecule has 0 spiro atoms. The number of nitrogens with two attached hydrogens (primary N) is 1. The Bertz CT molecular complexity index is 468. The second-order valence-electron chi connectivity index (χ2n) is 5.43. The maximum atomic E-state index is 10.7. The van der Waals surface area contributed by atoms with Gasteiger partial charge >= 0.3 is 5.97 Å². The van der Waals surface area contributed by atoms with Crippen LogP contribution in [0, 0.1) is 0 Å². The summed E-state index contributed by atoms with van der Waals surface area (Å²) < 4.78 is 5.91. The third-order valence-electron chi connectivity index (χ3n) is 3.30. The van der Waals surface area contributed by atoms with E-state index in [1.165, 1.54) is 5.56 Å². The number of aliphatic carboxylic acids is 1. The molecule has 1 aromatic rings. The Morgan fingerprint density at radius 2 is 2.28 bits per heavy atom. The van der Waals surface area contributed by atoms with E-state index in [2.05, 4.69) is 13.8 Å². The number of carbonyl (C=O) groups is 1. The van der Waals surface area contributed by atoms with Gasteiger partial charge in [0.15, 0.2) is 0 Å². The largest absolute Gasteiger partial charge is 0.488 e. The number of hydrogen-bond acceptors (Lipinski definition) is 3. The molecular weight excluding hydrogens is 230 g/mol. The minimum atomic E-state index is -0.888. The van der Waals surface area contributed by atoms with Gasteiger partial charge in [0.25, 0.3) is 0 Å². The van der Waals surface area contributed by atoms with Crippen LogP contribution in [0.4, 0.5) is 0 Å². The second kappa shape index (κ2) is 4.61. The van der Waals surface area contributed by atoms with Crippen molar-refractivity contribution in [3.63, 3.8) is 0 Å². The molecule has 18 heavy (non-hydrogen) atoms. The predicted molar refractivity (Wildman–Crippen MR) is 68.7 cm³/mol. The third-order valence-corrected chi connectivity index (χ3v) is 3.30. The van der Waals surface area contributed by atoms with Crippen LogP contribution in [-0.2, 0) is 11.2 Å². The highest BCUT2D eigenvalue weighted by atomic mass is 16.5. The van der Waals surface area contributed by atoms with Gasteiger partial charge in [-0.3, -0.25) is 4.79 Å². The molecule has 0 bridgehead atoms. The number of fused-ring (bicyclic) bond motifs is 1. The molecule has 1 aliphatic heterocycles. The molecule has 0 aliphatic carbocycles. The van der Waals surface area contributed by atoms with E-state index < -0.39 is 12.0 Å². The highest BCUT2D eigenvalue weighted by Gasteiger charge is 2.27. The number of benzene rings is 1. The molecule has 0 amide bonds. The van der Waals surface area contributed by atoms with E-state index in [1.807, 2.05) is 18.2 Å². The fraction of sp³-hybridized carbons (Fsp3) is 0.500. The van der Waals surface area contributed by atoms with Gasteiger partial charge in [-0.05, 0) is 43.9 Å². The average molecular weight is 249 g/mol. The number of carboxylic acid groups (broad SMARTS) is 1. The Morgan fingerprint density at radius 3 is 2.94 bits per heavy atom. The first-order valence-electron chi connectivity index (χ1n) is 6.16. The van der Waals surface area contributed by atoms with Crippen LogP contribution in [0.25, 0.3) is 0 Å². The molecule has 98 valence electrons. The summed E-state index contributed by atoms with van der Waals surface area (Å²) in [7, 11) is 0. The minimum Gasteiger partial charge on any atom is -0.488 e. The van der Waals surface area contributed by atoms with Gasteiger partial charge in [0, 0.05) is 6.04 Å². The van der Waals surface area contributed by atoms with Crippen LogP contribution in [0.15, 0.2) is 18.2 Å². The normalized spacial score (nSPS) is 18.6. The van der Waals surface area contributed by atoms with Crippen molar-refractivity contribution in [3.8, 4) is 5.75 Å². The van der Waals surface area contributed by atoms with Gasteiger partial charge in [0.05, 0.1) is 6.42 Å². The fourth-order valence-electron chi connectivity index (χ4n) is 2.19. The van der Waals surface area contributed by atoms with Crippen molar-refractivity contribution < 1.29 is 14.6 Å². The zero-order chi connectivity index (χ0) is 13.3. The van der Waals surface area contributed by atoms with E-state index in [9.17, 15) is 4.79 Å². The molecule has 0 saturated heterocycles. The molecule has 2 rings (SSSR count). The van der Waals surface area contributed by atoms with Crippen LogP contribution in [-0.4, -0.2) is 16.7 Å². The molecule has 1 aromatic carbocycles. The van der Waals surface area contributed by atoms with Crippen LogP contribution in [0.3, 0.4) is 0 Å². The number of rotatable bonds is 3. The van der Waals surface area contributed by atoms with Crippen molar-refractivity contribution >= 4 is 5.97 Å². The molecule has 3 N–H and O–H groups in total. The molecule has 4 nitrogen and oxygen atoms in total. The van der Waals surface area contributed by atoms with E-state index in [0.29, 0.717) is 0 Å². The monoisotopic (exact) mass is 249 g/mol.